The molecule has 31 heavy (non-hydrogen) atoms. The minimum Gasteiger partial charge on any atom is -0.493 e. The van der Waals surface area contributed by atoms with E-state index in [2.05, 4.69) is 28.1 Å². The maximum Gasteiger partial charge on any atom is 0.326 e. The Morgan fingerprint density at radius 1 is 0.935 bits per heavy atom. The number of methoxy groups -OCH3 is 2. The normalized spacial score (nSPS) is 22.1. The number of benzene rings is 1. The third kappa shape index (κ3) is 4.36. The standard InChI is InChI=1S/C23H34N4O4/c1-17-13-19(30-2)20(31-3)14-18(17)15-25-9-11-26(12-10-25)16-27-21(28)23(24-22(27)29)7-5-4-6-8-23/h13-14H,4-12,15-16H2,1-3H3,(H,24,29). The third-order valence-electron chi connectivity index (χ3n) is 7.00. The summed E-state index contributed by atoms with van der Waals surface area (Å²) in [6.45, 7) is 6.76. The molecule has 0 atom stereocenters. The van der Waals surface area contributed by atoms with Crippen molar-refractivity contribution in [1.29, 1.82) is 0 Å². The zero-order valence-corrected chi connectivity index (χ0v) is 18.9. The maximum atomic E-state index is 13.0. The summed E-state index contributed by atoms with van der Waals surface area (Å²) in [5, 5.41) is 3.00. The van der Waals surface area contributed by atoms with Gasteiger partial charge in [-0.1, -0.05) is 19.3 Å². The summed E-state index contributed by atoms with van der Waals surface area (Å²) in [5.74, 6) is 1.47. The fourth-order valence-electron chi connectivity index (χ4n) is 5.02. The highest BCUT2D eigenvalue weighted by molar-refractivity contribution is 6.07. The molecule has 8 nitrogen and oxygen atoms in total. The third-order valence-corrected chi connectivity index (χ3v) is 7.00. The first-order chi connectivity index (χ1) is 15.0. The van der Waals surface area contributed by atoms with Crippen molar-refractivity contribution in [1.82, 2.24) is 20.0 Å². The molecule has 3 fully saturated rings. The van der Waals surface area contributed by atoms with Crippen LogP contribution in [0.1, 0.15) is 43.2 Å². The molecule has 1 aromatic rings. The summed E-state index contributed by atoms with van der Waals surface area (Å²) >= 11 is 0. The molecule has 0 unspecified atom stereocenters. The van der Waals surface area contributed by atoms with E-state index in [0.717, 1.165) is 76.3 Å². The summed E-state index contributed by atoms with van der Waals surface area (Å²) in [6.07, 6.45) is 4.70. The van der Waals surface area contributed by atoms with E-state index in [4.69, 9.17) is 9.47 Å². The molecule has 1 spiro atoms. The van der Waals surface area contributed by atoms with Gasteiger partial charge in [0.15, 0.2) is 11.5 Å². The Labute approximate surface area is 184 Å². The molecule has 2 saturated heterocycles. The van der Waals surface area contributed by atoms with Crippen LogP contribution in [0.15, 0.2) is 12.1 Å². The van der Waals surface area contributed by atoms with E-state index in [-0.39, 0.29) is 11.9 Å². The molecule has 2 aliphatic heterocycles. The number of imide groups is 1. The van der Waals surface area contributed by atoms with Gasteiger partial charge in [-0.3, -0.25) is 14.6 Å². The van der Waals surface area contributed by atoms with Crippen LogP contribution in [0.4, 0.5) is 4.79 Å². The Balaban J connectivity index is 1.32. The lowest BCUT2D eigenvalue weighted by molar-refractivity contribution is -0.134. The summed E-state index contributed by atoms with van der Waals surface area (Å²) in [4.78, 5) is 31.6. The van der Waals surface area contributed by atoms with Gasteiger partial charge in [-0.25, -0.2) is 9.69 Å². The van der Waals surface area contributed by atoms with Gasteiger partial charge in [-0.05, 0) is 43.0 Å². The number of rotatable bonds is 6. The maximum absolute atomic E-state index is 13.0. The smallest absolute Gasteiger partial charge is 0.326 e. The predicted octanol–water partition coefficient (Wildman–Crippen LogP) is 2.34. The number of carbonyl (C=O) groups excluding carboxylic acids is 2. The zero-order chi connectivity index (χ0) is 22.0. The minimum absolute atomic E-state index is 0.0272. The van der Waals surface area contributed by atoms with Crippen LogP contribution in [0, 0.1) is 6.92 Å². The average Bonchev–Trinajstić information content (AvgIpc) is 3.00. The molecule has 170 valence electrons. The highest BCUT2D eigenvalue weighted by atomic mass is 16.5. The largest absolute Gasteiger partial charge is 0.493 e. The van der Waals surface area contributed by atoms with Crippen molar-refractivity contribution in [2.75, 3.05) is 47.1 Å². The summed E-state index contributed by atoms with van der Waals surface area (Å²) in [5.41, 5.74) is 1.76. The highest BCUT2D eigenvalue weighted by Gasteiger charge is 2.51. The number of nitrogens with zero attached hydrogens (tertiary/aromatic N) is 3. The van der Waals surface area contributed by atoms with Gasteiger partial charge in [0.2, 0.25) is 0 Å². The van der Waals surface area contributed by atoms with Gasteiger partial charge in [0.05, 0.1) is 20.9 Å². The first kappa shape index (κ1) is 21.9. The van der Waals surface area contributed by atoms with Gasteiger partial charge in [-0.15, -0.1) is 0 Å². The minimum atomic E-state index is -0.637. The van der Waals surface area contributed by atoms with Crippen molar-refractivity contribution in [3.63, 3.8) is 0 Å². The van der Waals surface area contributed by atoms with Crippen LogP contribution in [0.5, 0.6) is 11.5 Å². The number of amides is 3. The summed E-state index contributed by atoms with van der Waals surface area (Å²) < 4.78 is 10.8. The van der Waals surface area contributed by atoms with E-state index >= 15 is 0 Å². The van der Waals surface area contributed by atoms with Crippen LogP contribution >= 0.6 is 0 Å². The highest BCUT2D eigenvalue weighted by Crippen LogP contribution is 2.34. The van der Waals surface area contributed by atoms with Crippen molar-refractivity contribution in [3.05, 3.63) is 23.3 Å². The number of carbonyl (C=O) groups is 2. The number of hydrogen-bond acceptors (Lipinski definition) is 6. The number of urea groups is 1. The molecule has 0 bridgehead atoms. The average molecular weight is 431 g/mol. The second-order valence-electron chi connectivity index (χ2n) is 8.98. The van der Waals surface area contributed by atoms with Crippen molar-refractivity contribution in [2.24, 2.45) is 0 Å². The fourth-order valence-corrected chi connectivity index (χ4v) is 5.02. The predicted molar refractivity (Wildman–Crippen MR) is 117 cm³/mol. The van der Waals surface area contributed by atoms with Crippen LogP contribution in [0.3, 0.4) is 0 Å². The van der Waals surface area contributed by atoms with E-state index in [9.17, 15) is 9.59 Å². The monoisotopic (exact) mass is 430 g/mol. The number of hydrogen-bond donors (Lipinski definition) is 1. The van der Waals surface area contributed by atoms with E-state index in [1.165, 1.54) is 16.0 Å². The molecular formula is C23H34N4O4. The molecule has 2 heterocycles. The van der Waals surface area contributed by atoms with Crippen LogP contribution in [-0.2, 0) is 11.3 Å². The Morgan fingerprint density at radius 2 is 1.55 bits per heavy atom. The van der Waals surface area contributed by atoms with Gasteiger partial charge in [0, 0.05) is 32.7 Å². The van der Waals surface area contributed by atoms with Crippen molar-refractivity contribution >= 4 is 11.9 Å². The Hall–Kier alpha value is -2.32. The van der Waals surface area contributed by atoms with Crippen molar-refractivity contribution < 1.29 is 19.1 Å². The van der Waals surface area contributed by atoms with Crippen molar-refractivity contribution in [3.8, 4) is 11.5 Å². The topological polar surface area (TPSA) is 74.4 Å². The summed E-state index contributed by atoms with van der Waals surface area (Å²) in [6, 6.07) is 3.84. The Bertz CT molecular complexity index is 829. The molecule has 1 N–H and O–H groups in total. The lowest BCUT2D eigenvalue weighted by Crippen LogP contribution is -2.52. The van der Waals surface area contributed by atoms with Gasteiger partial charge in [0.1, 0.15) is 5.54 Å². The Morgan fingerprint density at radius 3 is 2.19 bits per heavy atom. The van der Waals surface area contributed by atoms with Crippen LogP contribution < -0.4 is 14.8 Å². The second-order valence-corrected chi connectivity index (χ2v) is 8.98. The lowest BCUT2D eigenvalue weighted by Gasteiger charge is -2.36. The molecular weight excluding hydrogens is 396 g/mol. The molecule has 8 heteroatoms. The van der Waals surface area contributed by atoms with Gasteiger partial charge in [-0.2, -0.15) is 0 Å². The van der Waals surface area contributed by atoms with Gasteiger partial charge < -0.3 is 14.8 Å². The van der Waals surface area contributed by atoms with Crippen LogP contribution in [0.25, 0.3) is 0 Å². The second kappa shape index (κ2) is 9.04. The quantitative estimate of drug-likeness (QED) is 0.699. The van der Waals surface area contributed by atoms with Gasteiger partial charge >= 0.3 is 6.03 Å². The molecule has 0 aromatic heterocycles. The molecule has 3 aliphatic rings. The molecule has 1 saturated carbocycles. The number of nitrogens with one attached hydrogen (secondary N) is 1. The lowest BCUT2D eigenvalue weighted by atomic mass is 9.82. The number of piperazine rings is 1. The molecule has 1 aromatic carbocycles. The van der Waals surface area contributed by atoms with E-state index in [1.807, 2.05) is 6.07 Å². The SMILES string of the molecule is COc1cc(C)c(CN2CCN(CN3C(=O)NC4(CCCCC4)C3=O)CC2)cc1OC. The van der Waals surface area contributed by atoms with E-state index in [1.54, 1.807) is 14.2 Å². The molecule has 4 rings (SSSR count). The molecule has 3 amide bonds. The van der Waals surface area contributed by atoms with Crippen LogP contribution in [-0.4, -0.2) is 79.2 Å². The van der Waals surface area contributed by atoms with E-state index in [0.29, 0.717) is 6.67 Å². The van der Waals surface area contributed by atoms with Gasteiger partial charge in [0.25, 0.3) is 5.91 Å². The first-order valence-corrected chi connectivity index (χ1v) is 11.3. The molecule has 0 radical (unpaired) electrons. The first-order valence-electron chi connectivity index (χ1n) is 11.3. The molecule has 1 aliphatic carbocycles. The number of aryl methyl sites for hydroxylation is 1. The van der Waals surface area contributed by atoms with Crippen molar-refractivity contribution in [2.45, 2.75) is 51.1 Å². The van der Waals surface area contributed by atoms with Crippen LogP contribution in [0.2, 0.25) is 0 Å². The van der Waals surface area contributed by atoms with E-state index < -0.39 is 5.54 Å². The number of ether oxygens (including phenoxy) is 2. The fraction of sp³-hybridized carbons (Fsp3) is 0.652. The summed E-state index contributed by atoms with van der Waals surface area (Å²) in [7, 11) is 3.31. The zero-order valence-electron chi connectivity index (χ0n) is 18.9. The Kier molecular flexibility index (Phi) is 6.39.